The number of nitrogens with two attached hydrogens (primary N) is 1. The van der Waals surface area contributed by atoms with Crippen molar-refractivity contribution in [3.8, 4) is 0 Å². The zero-order valence-electron chi connectivity index (χ0n) is 8.16. The first-order chi connectivity index (χ1) is 7.15. The van der Waals surface area contributed by atoms with Crippen molar-refractivity contribution in [1.82, 2.24) is 5.32 Å². The molecule has 0 aliphatic rings. The molecular weight excluding hydrogens is 276 g/mol. The number of hydrogen-bond donors (Lipinski definition) is 3. The molecular formula is C10H13BrN2OS. The summed E-state index contributed by atoms with van der Waals surface area (Å²) < 4.78 is 0.908. The van der Waals surface area contributed by atoms with Gasteiger partial charge in [0, 0.05) is 15.9 Å². The fraction of sp³-hybridized carbons (Fsp3) is 0.300. The average Bonchev–Trinajstić information content (AvgIpc) is 2.17. The monoisotopic (exact) mass is 288 g/mol. The lowest BCUT2D eigenvalue weighted by Gasteiger charge is -2.06. The third-order valence-electron chi connectivity index (χ3n) is 1.87. The molecule has 0 bridgehead atoms. The smallest absolute Gasteiger partial charge is 0.252 e. The average molecular weight is 289 g/mol. The summed E-state index contributed by atoms with van der Waals surface area (Å²) in [5.74, 6) is -0.110. The number of nitrogens with one attached hydrogen (secondary N) is 1. The van der Waals surface area contributed by atoms with E-state index in [1.54, 1.807) is 12.1 Å². The van der Waals surface area contributed by atoms with Crippen LogP contribution in [-0.2, 0) is 0 Å². The Hall–Kier alpha value is -0.520. The number of amides is 1. The highest BCUT2D eigenvalue weighted by Gasteiger charge is 2.08. The van der Waals surface area contributed by atoms with Gasteiger partial charge in [0.1, 0.15) is 0 Å². The molecule has 0 aliphatic carbocycles. The van der Waals surface area contributed by atoms with Crippen molar-refractivity contribution >= 4 is 34.5 Å². The zero-order chi connectivity index (χ0) is 11.3. The number of carbonyl (C=O) groups is 1. The highest BCUT2D eigenvalue weighted by atomic mass is 79.9. The van der Waals surface area contributed by atoms with Crippen molar-refractivity contribution in [1.29, 1.82) is 0 Å². The summed E-state index contributed by atoms with van der Waals surface area (Å²) in [6.45, 7) is 1.17. The molecule has 0 spiro atoms. The molecule has 0 unspecified atom stereocenters. The Bertz CT molecular complexity index is 357. The standard InChI is InChI=1S/C10H13BrN2OS/c11-7-2-3-8(9(15)6-7)10(14)13-5-1-4-12/h2-3,6,15H,1,4-5,12H2,(H,13,14). The van der Waals surface area contributed by atoms with Crippen molar-refractivity contribution in [2.24, 2.45) is 5.73 Å². The number of thiol groups is 1. The zero-order valence-corrected chi connectivity index (χ0v) is 10.6. The van der Waals surface area contributed by atoms with Gasteiger partial charge in [-0.25, -0.2) is 0 Å². The van der Waals surface area contributed by atoms with Gasteiger partial charge in [-0.2, -0.15) is 0 Å². The van der Waals surface area contributed by atoms with E-state index >= 15 is 0 Å². The summed E-state index contributed by atoms with van der Waals surface area (Å²) in [7, 11) is 0. The highest BCUT2D eigenvalue weighted by Crippen LogP contribution is 2.19. The molecule has 0 fully saturated rings. The van der Waals surface area contributed by atoms with E-state index in [1.807, 2.05) is 6.07 Å². The van der Waals surface area contributed by atoms with E-state index in [0.717, 1.165) is 10.9 Å². The minimum absolute atomic E-state index is 0.110. The Morgan fingerprint density at radius 2 is 2.27 bits per heavy atom. The molecule has 0 aliphatic heterocycles. The van der Waals surface area contributed by atoms with Crippen LogP contribution in [0.25, 0.3) is 0 Å². The van der Waals surface area contributed by atoms with Crippen LogP contribution in [0.2, 0.25) is 0 Å². The molecule has 0 atom stereocenters. The van der Waals surface area contributed by atoms with Gasteiger partial charge < -0.3 is 11.1 Å². The molecule has 0 aromatic heterocycles. The number of hydrogen-bond acceptors (Lipinski definition) is 3. The maximum Gasteiger partial charge on any atom is 0.252 e. The Kier molecular flexibility index (Phi) is 5.14. The molecule has 3 N–H and O–H groups in total. The molecule has 1 aromatic carbocycles. The molecule has 3 nitrogen and oxygen atoms in total. The first-order valence-corrected chi connectivity index (χ1v) is 5.86. The molecule has 1 amide bonds. The predicted octanol–water partition coefficient (Wildman–Crippen LogP) is 1.82. The van der Waals surface area contributed by atoms with Crippen LogP contribution in [0.1, 0.15) is 16.8 Å². The van der Waals surface area contributed by atoms with E-state index in [4.69, 9.17) is 5.73 Å². The lowest BCUT2D eigenvalue weighted by Crippen LogP contribution is -2.26. The lowest BCUT2D eigenvalue weighted by atomic mass is 10.2. The van der Waals surface area contributed by atoms with E-state index in [1.165, 1.54) is 0 Å². The van der Waals surface area contributed by atoms with Gasteiger partial charge in [-0.1, -0.05) is 15.9 Å². The van der Waals surface area contributed by atoms with Crippen LogP contribution in [0.3, 0.4) is 0 Å². The second kappa shape index (κ2) is 6.15. The topological polar surface area (TPSA) is 55.1 Å². The molecule has 0 heterocycles. The number of carbonyl (C=O) groups excluding carboxylic acids is 1. The SMILES string of the molecule is NCCCNC(=O)c1ccc(Br)cc1S. The Labute approximate surface area is 103 Å². The van der Waals surface area contributed by atoms with Crippen LogP contribution < -0.4 is 11.1 Å². The number of benzene rings is 1. The summed E-state index contributed by atoms with van der Waals surface area (Å²) in [6.07, 6.45) is 0.782. The summed E-state index contributed by atoms with van der Waals surface area (Å²) in [5, 5.41) is 2.78. The van der Waals surface area contributed by atoms with Crippen molar-refractivity contribution < 1.29 is 4.79 Å². The molecule has 0 saturated carbocycles. The Morgan fingerprint density at radius 3 is 2.87 bits per heavy atom. The van der Waals surface area contributed by atoms with Gasteiger partial charge in [0.25, 0.3) is 5.91 Å². The predicted molar refractivity (Wildman–Crippen MR) is 67.4 cm³/mol. The molecule has 1 rings (SSSR count). The molecule has 1 aromatic rings. The third-order valence-corrected chi connectivity index (χ3v) is 2.73. The fourth-order valence-corrected chi connectivity index (χ4v) is 1.95. The summed E-state index contributed by atoms with van der Waals surface area (Å²) in [5.41, 5.74) is 5.91. The van der Waals surface area contributed by atoms with Gasteiger partial charge in [0.2, 0.25) is 0 Å². The number of rotatable bonds is 4. The minimum Gasteiger partial charge on any atom is -0.352 e. The second-order valence-corrected chi connectivity index (χ2v) is 4.46. The van der Waals surface area contributed by atoms with E-state index in [2.05, 4.69) is 33.9 Å². The highest BCUT2D eigenvalue weighted by molar-refractivity contribution is 9.10. The van der Waals surface area contributed by atoms with Crippen molar-refractivity contribution in [3.63, 3.8) is 0 Å². The van der Waals surface area contributed by atoms with Gasteiger partial charge >= 0.3 is 0 Å². The van der Waals surface area contributed by atoms with Gasteiger partial charge in [0.05, 0.1) is 5.56 Å². The van der Waals surface area contributed by atoms with Crippen LogP contribution in [0.4, 0.5) is 0 Å². The van der Waals surface area contributed by atoms with Crippen LogP contribution in [0.5, 0.6) is 0 Å². The quantitative estimate of drug-likeness (QED) is 0.585. The molecule has 0 radical (unpaired) electrons. The maximum atomic E-state index is 11.6. The second-order valence-electron chi connectivity index (χ2n) is 3.06. The maximum absolute atomic E-state index is 11.6. The normalized spacial score (nSPS) is 10.1. The Balaban J connectivity index is 2.65. The lowest BCUT2D eigenvalue weighted by molar-refractivity contribution is 0.0950. The van der Waals surface area contributed by atoms with Gasteiger partial charge in [-0.15, -0.1) is 12.6 Å². The van der Waals surface area contributed by atoms with Crippen LogP contribution in [0, 0.1) is 0 Å². The van der Waals surface area contributed by atoms with Crippen LogP contribution in [0.15, 0.2) is 27.6 Å². The minimum atomic E-state index is -0.110. The fourth-order valence-electron chi connectivity index (χ4n) is 1.10. The van der Waals surface area contributed by atoms with Gasteiger partial charge in [0.15, 0.2) is 0 Å². The van der Waals surface area contributed by atoms with Crippen LogP contribution in [-0.4, -0.2) is 19.0 Å². The van der Waals surface area contributed by atoms with Gasteiger partial charge in [-0.3, -0.25) is 4.79 Å². The molecule has 82 valence electrons. The summed E-state index contributed by atoms with van der Waals surface area (Å²) in [6, 6.07) is 5.35. The molecule has 15 heavy (non-hydrogen) atoms. The first-order valence-electron chi connectivity index (χ1n) is 4.62. The van der Waals surface area contributed by atoms with E-state index < -0.39 is 0 Å². The number of halogens is 1. The first kappa shape index (κ1) is 12.5. The molecule has 5 heteroatoms. The van der Waals surface area contributed by atoms with Crippen LogP contribution >= 0.6 is 28.6 Å². The van der Waals surface area contributed by atoms with Crippen molar-refractivity contribution in [3.05, 3.63) is 28.2 Å². The van der Waals surface area contributed by atoms with E-state index in [-0.39, 0.29) is 5.91 Å². The third kappa shape index (κ3) is 3.85. The largest absolute Gasteiger partial charge is 0.352 e. The van der Waals surface area contributed by atoms with Crippen molar-refractivity contribution in [2.75, 3.05) is 13.1 Å². The van der Waals surface area contributed by atoms with Crippen molar-refractivity contribution in [2.45, 2.75) is 11.3 Å². The van der Waals surface area contributed by atoms with E-state index in [0.29, 0.717) is 23.5 Å². The molecule has 0 saturated heterocycles. The van der Waals surface area contributed by atoms with E-state index in [9.17, 15) is 4.79 Å². The summed E-state index contributed by atoms with van der Waals surface area (Å²) in [4.78, 5) is 12.3. The summed E-state index contributed by atoms with van der Waals surface area (Å²) >= 11 is 7.55. The van der Waals surface area contributed by atoms with Gasteiger partial charge in [-0.05, 0) is 31.2 Å². The Morgan fingerprint density at radius 1 is 1.53 bits per heavy atom.